The molecule has 15 heavy (non-hydrogen) atoms. The molecule has 0 spiro atoms. The summed E-state index contributed by atoms with van der Waals surface area (Å²) in [5, 5.41) is 21.8. The van der Waals surface area contributed by atoms with Crippen molar-refractivity contribution in [3.05, 3.63) is 28.8 Å². The molecule has 0 aliphatic carbocycles. The number of hydrogen-bond acceptors (Lipinski definition) is 3. The molecule has 0 aliphatic heterocycles. The van der Waals surface area contributed by atoms with Crippen LogP contribution < -0.4 is 5.32 Å². The quantitative estimate of drug-likeness (QED) is 0.739. The highest BCUT2D eigenvalue weighted by Crippen LogP contribution is 2.23. The van der Waals surface area contributed by atoms with Crippen LogP contribution >= 0.6 is 11.6 Å². The third-order valence-corrected chi connectivity index (χ3v) is 2.48. The van der Waals surface area contributed by atoms with Crippen LogP contribution in [0.1, 0.15) is 19.4 Å². The van der Waals surface area contributed by atoms with Crippen LogP contribution in [-0.2, 0) is 6.54 Å². The SMILES string of the molecule is CC(C)(CO)NCc1ccc(O)c(Cl)c1. The summed E-state index contributed by atoms with van der Waals surface area (Å²) in [6, 6.07) is 5.06. The lowest BCUT2D eigenvalue weighted by atomic mass is 10.1. The van der Waals surface area contributed by atoms with E-state index in [0.29, 0.717) is 11.6 Å². The monoisotopic (exact) mass is 229 g/mol. The second-order valence-electron chi connectivity index (χ2n) is 4.18. The Bertz CT molecular complexity index is 339. The molecule has 0 aromatic heterocycles. The summed E-state index contributed by atoms with van der Waals surface area (Å²) in [5.74, 6) is 0.0850. The van der Waals surface area contributed by atoms with Crippen molar-refractivity contribution in [1.82, 2.24) is 5.32 Å². The van der Waals surface area contributed by atoms with Crippen molar-refractivity contribution < 1.29 is 10.2 Å². The zero-order valence-corrected chi connectivity index (χ0v) is 9.67. The van der Waals surface area contributed by atoms with Crippen LogP contribution in [0, 0.1) is 0 Å². The highest BCUT2D eigenvalue weighted by molar-refractivity contribution is 6.32. The van der Waals surface area contributed by atoms with Gasteiger partial charge in [0.25, 0.3) is 0 Å². The molecule has 84 valence electrons. The molecule has 3 N–H and O–H groups in total. The average molecular weight is 230 g/mol. The molecule has 0 heterocycles. The molecule has 0 amide bonds. The third-order valence-electron chi connectivity index (χ3n) is 2.18. The predicted octanol–water partition coefficient (Wildman–Crippen LogP) is 1.91. The maximum atomic E-state index is 9.23. The number of phenolic OH excluding ortho intramolecular Hbond substituents is 1. The van der Waals surface area contributed by atoms with Crippen LogP contribution in [0.5, 0.6) is 5.75 Å². The number of aliphatic hydroxyl groups excluding tert-OH is 1. The molecule has 0 fully saturated rings. The zero-order chi connectivity index (χ0) is 11.5. The molecule has 3 nitrogen and oxygen atoms in total. The first kappa shape index (κ1) is 12.3. The van der Waals surface area contributed by atoms with Gasteiger partial charge in [-0.15, -0.1) is 0 Å². The Kier molecular flexibility index (Phi) is 3.97. The van der Waals surface area contributed by atoms with Crippen molar-refractivity contribution in [2.75, 3.05) is 6.61 Å². The molecule has 0 saturated heterocycles. The first-order valence-electron chi connectivity index (χ1n) is 4.78. The summed E-state index contributed by atoms with van der Waals surface area (Å²) >= 11 is 5.77. The van der Waals surface area contributed by atoms with Gasteiger partial charge < -0.3 is 15.5 Å². The van der Waals surface area contributed by atoms with Gasteiger partial charge in [0.05, 0.1) is 11.6 Å². The van der Waals surface area contributed by atoms with Gasteiger partial charge in [0.2, 0.25) is 0 Å². The Morgan fingerprint density at radius 1 is 1.40 bits per heavy atom. The Morgan fingerprint density at radius 2 is 2.07 bits per heavy atom. The number of aliphatic hydroxyl groups is 1. The number of benzene rings is 1. The maximum absolute atomic E-state index is 9.23. The summed E-state index contributed by atoms with van der Waals surface area (Å²) in [7, 11) is 0. The van der Waals surface area contributed by atoms with Gasteiger partial charge in [-0.05, 0) is 31.5 Å². The molecule has 1 rings (SSSR count). The first-order valence-corrected chi connectivity index (χ1v) is 5.16. The lowest BCUT2D eigenvalue weighted by Gasteiger charge is -2.23. The van der Waals surface area contributed by atoms with Crippen LogP contribution in [0.3, 0.4) is 0 Å². The van der Waals surface area contributed by atoms with E-state index in [-0.39, 0.29) is 17.9 Å². The van der Waals surface area contributed by atoms with E-state index in [1.165, 1.54) is 0 Å². The molecule has 0 unspecified atom stereocenters. The second-order valence-corrected chi connectivity index (χ2v) is 4.59. The van der Waals surface area contributed by atoms with Crippen LogP contribution in [0.25, 0.3) is 0 Å². The van der Waals surface area contributed by atoms with Gasteiger partial charge in [-0.25, -0.2) is 0 Å². The summed E-state index contributed by atoms with van der Waals surface area (Å²) < 4.78 is 0. The molecular weight excluding hydrogens is 214 g/mol. The van der Waals surface area contributed by atoms with E-state index in [1.54, 1.807) is 18.2 Å². The van der Waals surface area contributed by atoms with E-state index < -0.39 is 0 Å². The number of rotatable bonds is 4. The molecule has 0 bridgehead atoms. The summed E-state index contributed by atoms with van der Waals surface area (Å²) in [6.45, 7) is 4.50. The molecule has 0 aliphatic rings. The van der Waals surface area contributed by atoms with Gasteiger partial charge in [0, 0.05) is 12.1 Å². The van der Waals surface area contributed by atoms with E-state index >= 15 is 0 Å². The lowest BCUT2D eigenvalue weighted by molar-refractivity contribution is 0.187. The minimum absolute atomic E-state index is 0.0683. The Morgan fingerprint density at radius 3 is 2.60 bits per heavy atom. The molecule has 4 heteroatoms. The van der Waals surface area contributed by atoms with Crippen molar-refractivity contribution in [3.8, 4) is 5.75 Å². The summed E-state index contributed by atoms with van der Waals surface area (Å²) in [4.78, 5) is 0. The minimum atomic E-state index is -0.315. The number of nitrogens with one attached hydrogen (secondary N) is 1. The number of halogens is 1. The van der Waals surface area contributed by atoms with Crippen molar-refractivity contribution in [2.45, 2.75) is 25.9 Å². The van der Waals surface area contributed by atoms with Crippen molar-refractivity contribution in [1.29, 1.82) is 0 Å². The van der Waals surface area contributed by atoms with Gasteiger partial charge in [-0.1, -0.05) is 17.7 Å². The molecule has 1 aromatic carbocycles. The van der Waals surface area contributed by atoms with Gasteiger partial charge in [0.1, 0.15) is 5.75 Å². The van der Waals surface area contributed by atoms with E-state index in [0.717, 1.165) is 5.56 Å². The van der Waals surface area contributed by atoms with E-state index in [4.69, 9.17) is 16.7 Å². The van der Waals surface area contributed by atoms with E-state index in [9.17, 15) is 5.11 Å². The van der Waals surface area contributed by atoms with Gasteiger partial charge in [-0.2, -0.15) is 0 Å². The number of phenols is 1. The Balaban J connectivity index is 2.62. The van der Waals surface area contributed by atoms with Crippen LogP contribution in [0.4, 0.5) is 0 Å². The van der Waals surface area contributed by atoms with Crippen molar-refractivity contribution >= 4 is 11.6 Å². The fraction of sp³-hybridized carbons (Fsp3) is 0.455. The standard InChI is InChI=1S/C11H16ClNO2/c1-11(2,7-14)13-6-8-3-4-10(15)9(12)5-8/h3-5,13-15H,6-7H2,1-2H3. The fourth-order valence-electron chi connectivity index (χ4n) is 1.06. The predicted molar refractivity (Wildman–Crippen MR) is 61.1 cm³/mol. The highest BCUT2D eigenvalue weighted by Gasteiger charge is 2.14. The largest absolute Gasteiger partial charge is 0.506 e. The van der Waals surface area contributed by atoms with Gasteiger partial charge in [0.15, 0.2) is 0 Å². The summed E-state index contributed by atoms with van der Waals surface area (Å²) in [6.07, 6.45) is 0. The highest BCUT2D eigenvalue weighted by atomic mass is 35.5. The Labute approximate surface area is 94.7 Å². The Hall–Kier alpha value is -0.770. The van der Waals surface area contributed by atoms with E-state index in [2.05, 4.69) is 5.32 Å². The molecule has 1 aromatic rings. The molecule has 0 radical (unpaired) electrons. The fourth-order valence-corrected chi connectivity index (χ4v) is 1.26. The topological polar surface area (TPSA) is 52.5 Å². The molecular formula is C11H16ClNO2. The number of aromatic hydroxyl groups is 1. The lowest BCUT2D eigenvalue weighted by Crippen LogP contribution is -2.42. The van der Waals surface area contributed by atoms with Crippen LogP contribution in [0.2, 0.25) is 5.02 Å². The van der Waals surface area contributed by atoms with Crippen LogP contribution in [0.15, 0.2) is 18.2 Å². The minimum Gasteiger partial charge on any atom is -0.506 e. The zero-order valence-electron chi connectivity index (χ0n) is 8.92. The van der Waals surface area contributed by atoms with Crippen molar-refractivity contribution in [2.24, 2.45) is 0 Å². The van der Waals surface area contributed by atoms with Gasteiger partial charge in [-0.3, -0.25) is 0 Å². The smallest absolute Gasteiger partial charge is 0.134 e. The second kappa shape index (κ2) is 4.84. The van der Waals surface area contributed by atoms with Crippen molar-refractivity contribution in [3.63, 3.8) is 0 Å². The summed E-state index contributed by atoms with van der Waals surface area (Å²) in [5.41, 5.74) is 0.656. The first-order chi connectivity index (χ1) is 6.94. The van der Waals surface area contributed by atoms with Gasteiger partial charge >= 0.3 is 0 Å². The van der Waals surface area contributed by atoms with Crippen LogP contribution in [-0.4, -0.2) is 22.4 Å². The van der Waals surface area contributed by atoms with E-state index in [1.807, 2.05) is 13.8 Å². The number of hydrogen-bond donors (Lipinski definition) is 3. The molecule has 0 atom stereocenters. The average Bonchev–Trinajstić information content (AvgIpc) is 2.20. The third kappa shape index (κ3) is 3.70. The maximum Gasteiger partial charge on any atom is 0.134 e. The normalized spacial score (nSPS) is 11.7. The molecule has 0 saturated carbocycles.